The minimum absolute atomic E-state index is 0.000730. The first-order valence-corrected chi connectivity index (χ1v) is 8.08. The van der Waals surface area contributed by atoms with E-state index in [2.05, 4.69) is 5.32 Å². The van der Waals surface area contributed by atoms with E-state index in [-0.39, 0.29) is 11.9 Å². The summed E-state index contributed by atoms with van der Waals surface area (Å²) in [7, 11) is 0. The molecule has 20 heavy (non-hydrogen) atoms. The summed E-state index contributed by atoms with van der Waals surface area (Å²) in [6.45, 7) is 2.80. The molecule has 1 N–H and O–H groups in total. The number of thiophene rings is 1. The van der Waals surface area contributed by atoms with Crippen LogP contribution in [0.1, 0.15) is 24.1 Å². The molecule has 1 heterocycles. The van der Waals surface area contributed by atoms with Crippen LogP contribution in [0.4, 0.5) is 4.39 Å². The molecule has 2 rings (SSSR count). The first-order chi connectivity index (χ1) is 9.51. The Morgan fingerprint density at radius 1 is 1.25 bits per heavy atom. The zero-order valence-corrected chi connectivity index (χ0v) is 13.8. The Bertz CT molecular complexity index is 600. The normalized spacial score (nSPS) is 12.7. The Balaban J connectivity index is 2.27. The summed E-state index contributed by atoms with van der Waals surface area (Å²) in [5.74, 6) is -0.338. The van der Waals surface area contributed by atoms with Crippen LogP contribution in [-0.2, 0) is 6.42 Å². The van der Waals surface area contributed by atoms with Crippen LogP contribution in [0, 0.1) is 5.82 Å². The molecular weight excluding hydrogens is 340 g/mol. The standard InChI is InChI=1S/C14H13Cl3FNS/c1-2-19-12(10-7-13(16)20-14(10)17)5-8-3-4-9(18)6-11(8)15/h3-4,6-7,12,19H,2,5H2,1H3. The quantitative estimate of drug-likeness (QED) is 0.723. The van der Waals surface area contributed by atoms with Crippen LogP contribution in [0.3, 0.4) is 0 Å². The van der Waals surface area contributed by atoms with E-state index in [0.717, 1.165) is 17.7 Å². The zero-order valence-electron chi connectivity index (χ0n) is 10.7. The second kappa shape index (κ2) is 7.10. The van der Waals surface area contributed by atoms with Gasteiger partial charge in [0.25, 0.3) is 0 Å². The fourth-order valence-electron chi connectivity index (χ4n) is 2.04. The van der Waals surface area contributed by atoms with Gasteiger partial charge in [0.2, 0.25) is 0 Å². The molecule has 1 unspecified atom stereocenters. The number of nitrogens with one attached hydrogen (secondary N) is 1. The topological polar surface area (TPSA) is 12.0 Å². The lowest BCUT2D eigenvalue weighted by atomic mass is 10.0. The van der Waals surface area contributed by atoms with Gasteiger partial charge in [-0.25, -0.2) is 4.39 Å². The van der Waals surface area contributed by atoms with Gasteiger partial charge >= 0.3 is 0 Å². The molecule has 6 heteroatoms. The Kier molecular flexibility index (Phi) is 5.70. The van der Waals surface area contributed by atoms with Crippen LogP contribution < -0.4 is 5.32 Å². The second-order valence-corrected chi connectivity index (χ2v) is 7.02. The minimum atomic E-state index is -0.338. The maximum Gasteiger partial charge on any atom is 0.124 e. The largest absolute Gasteiger partial charge is 0.310 e. The van der Waals surface area contributed by atoms with Crippen molar-refractivity contribution >= 4 is 46.1 Å². The fraction of sp³-hybridized carbons (Fsp3) is 0.286. The monoisotopic (exact) mass is 351 g/mol. The first kappa shape index (κ1) is 16.1. The van der Waals surface area contributed by atoms with Gasteiger partial charge in [-0.05, 0) is 36.7 Å². The van der Waals surface area contributed by atoms with Gasteiger partial charge in [-0.15, -0.1) is 11.3 Å². The van der Waals surface area contributed by atoms with Gasteiger partial charge in [0, 0.05) is 16.6 Å². The summed E-state index contributed by atoms with van der Waals surface area (Å²) in [5.41, 5.74) is 1.82. The minimum Gasteiger partial charge on any atom is -0.310 e. The Morgan fingerprint density at radius 3 is 2.55 bits per heavy atom. The SMILES string of the molecule is CCNC(Cc1ccc(F)cc1Cl)c1cc(Cl)sc1Cl. The van der Waals surface area contributed by atoms with E-state index >= 15 is 0 Å². The van der Waals surface area contributed by atoms with E-state index in [1.807, 2.05) is 13.0 Å². The molecule has 1 nitrogen and oxygen atoms in total. The molecule has 0 radical (unpaired) electrons. The van der Waals surface area contributed by atoms with E-state index in [1.54, 1.807) is 6.07 Å². The average Bonchev–Trinajstić information content (AvgIpc) is 2.71. The van der Waals surface area contributed by atoms with Crippen LogP contribution in [-0.4, -0.2) is 6.54 Å². The summed E-state index contributed by atoms with van der Waals surface area (Å²) >= 11 is 19.6. The third kappa shape index (κ3) is 3.86. The molecular formula is C14H13Cl3FNS. The molecule has 0 saturated heterocycles. The van der Waals surface area contributed by atoms with Crippen molar-refractivity contribution in [1.29, 1.82) is 0 Å². The van der Waals surface area contributed by atoms with Gasteiger partial charge in [0.1, 0.15) is 5.82 Å². The van der Waals surface area contributed by atoms with Gasteiger partial charge in [-0.1, -0.05) is 47.8 Å². The van der Waals surface area contributed by atoms with Crippen LogP contribution in [0.2, 0.25) is 13.7 Å². The summed E-state index contributed by atoms with van der Waals surface area (Å²) in [4.78, 5) is 0. The molecule has 0 fully saturated rings. The lowest BCUT2D eigenvalue weighted by molar-refractivity contribution is 0.550. The molecule has 108 valence electrons. The lowest BCUT2D eigenvalue weighted by Gasteiger charge is -2.18. The molecule has 2 aromatic rings. The predicted octanol–water partition coefficient (Wildman–Crippen LogP) is 5.74. The molecule has 1 aromatic heterocycles. The second-order valence-electron chi connectivity index (χ2n) is 4.33. The van der Waals surface area contributed by atoms with Gasteiger partial charge < -0.3 is 5.32 Å². The first-order valence-electron chi connectivity index (χ1n) is 6.13. The summed E-state index contributed by atoms with van der Waals surface area (Å²) in [6.07, 6.45) is 0.625. The van der Waals surface area contributed by atoms with Crippen molar-refractivity contribution in [3.05, 3.63) is 54.9 Å². The molecule has 0 spiro atoms. The third-order valence-corrected chi connectivity index (χ3v) is 4.82. The lowest BCUT2D eigenvalue weighted by Crippen LogP contribution is -2.22. The van der Waals surface area contributed by atoms with E-state index in [1.165, 1.54) is 23.5 Å². The van der Waals surface area contributed by atoms with Crippen LogP contribution in [0.5, 0.6) is 0 Å². The summed E-state index contributed by atoms with van der Waals surface area (Å²) < 4.78 is 14.4. The van der Waals surface area contributed by atoms with Crippen molar-refractivity contribution in [2.45, 2.75) is 19.4 Å². The molecule has 0 amide bonds. The van der Waals surface area contributed by atoms with Crippen LogP contribution in [0.25, 0.3) is 0 Å². The Morgan fingerprint density at radius 2 is 2.00 bits per heavy atom. The molecule has 0 saturated carbocycles. The van der Waals surface area contributed by atoms with Gasteiger partial charge in [0.15, 0.2) is 0 Å². The number of likely N-dealkylation sites (N-methyl/N-ethyl adjacent to an activating group) is 1. The molecule has 1 aromatic carbocycles. The molecule has 1 atom stereocenters. The molecule has 0 aliphatic heterocycles. The van der Waals surface area contributed by atoms with Crippen molar-refractivity contribution < 1.29 is 4.39 Å². The zero-order chi connectivity index (χ0) is 14.7. The number of hydrogen-bond acceptors (Lipinski definition) is 2. The molecule has 0 aliphatic rings. The number of hydrogen-bond donors (Lipinski definition) is 1. The third-order valence-electron chi connectivity index (χ3n) is 2.95. The highest BCUT2D eigenvalue weighted by Gasteiger charge is 2.18. The summed E-state index contributed by atoms with van der Waals surface area (Å²) in [5, 5.41) is 3.78. The maximum atomic E-state index is 13.1. The van der Waals surface area contributed by atoms with Gasteiger partial charge in [0.05, 0.1) is 8.67 Å². The van der Waals surface area contributed by atoms with Crippen molar-refractivity contribution in [2.24, 2.45) is 0 Å². The number of benzene rings is 1. The maximum absolute atomic E-state index is 13.1. The number of halogens is 4. The van der Waals surface area contributed by atoms with E-state index < -0.39 is 0 Å². The van der Waals surface area contributed by atoms with Crippen molar-refractivity contribution in [3.63, 3.8) is 0 Å². The van der Waals surface area contributed by atoms with Crippen molar-refractivity contribution in [3.8, 4) is 0 Å². The molecule has 0 aliphatic carbocycles. The van der Waals surface area contributed by atoms with Crippen LogP contribution in [0.15, 0.2) is 24.3 Å². The van der Waals surface area contributed by atoms with E-state index in [9.17, 15) is 4.39 Å². The fourth-order valence-corrected chi connectivity index (χ4v) is 3.86. The smallest absolute Gasteiger partial charge is 0.124 e. The average molecular weight is 353 g/mol. The van der Waals surface area contributed by atoms with Crippen molar-refractivity contribution in [1.82, 2.24) is 5.32 Å². The highest BCUT2D eigenvalue weighted by molar-refractivity contribution is 7.20. The highest BCUT2D eigenvalue weighted by atomic mass is 35.5. The predicted molar refractivity (Wildman–Crippen MR) is 85.9 cm³/mol. The van der Waals surface area contributed by atoms with E-state index in [4.69, 9.17) is 34.8 Å². The van der Waals surface area contributed by atoms with Gasteiger partial charge in [-0.2, -0.15) is 0 Å². The summed E-state index contributed by atoms with van der Waals surface area (Å²) in [6, 6.07) is 6.29. The van der Waals surface area contributed by atoms with Crippen molar-refractivity contribution in [2.75, 3.05) is 6.54 Å². The Labute approximate surface area is 136 Å². The van der Waals surface area contributed by atoms with E-state index in [0.29, 0.717) is 20.1 Å². The molecule has 0 bridgehead atoms. The van der Waals surface area contributed by atoms with Gasteiger partial charge in [-0.3, -0.25) is 0 Å². The number of rotatable bonds is 5. The van der Waals surface area contributed by atoms with Crippen LogP contribution >= 0.6 is 46.1 Å². The Hall–Kier alpha value is -0.320. The highest BCUT2D eigenvalue weighted by Crippen LogP contribution is 2.36.